The summed E-state index contributed by atoms with van der Waals surface area (Å²) in [6, 6.07) is 0. The summed E-state index contributed by atoms with van der Waals surface area (Å²) in [4.78, 5) is 0. The molecule has 0 saturated heterocycles. The molecule has 3 saturated carbocycles. The minimum atomic E-state index is -0.533. The molecule has 0 bridgehead atoms. The van der Waals surface area contributed by atoms with Crippen LogP contribution in [0.4, 0.5) is 0 Å². The average Bonchev–Trinajstić information content (AvgIpc) is 3.16. The lowest BCUT2D eigenvalue weighted by atomic mass is 9.44. The van der Waals surface area contributed by atoms with Crippen molar-refractivity contribution in [1.29, 1.82) is 0 Å². The Bertz CT molecular complexity index is 678. The van der Waals surface area contributed by atoms with E-state index in [9.17, 15) is 10.2 Å². The lowest BCUT2D eigenvalue weighted by Crippen LogP contribution is -2.54. The van der Waals surface area contributed by atoms with Gasteiger partial charge in [0.25, 0.3) is 0 Å². The molecule has 3 fully saturated rings. The largest absolute Gasteiger partial charge is 0.393 e. The summed E-state index contributed by atoms with van der Waals surface area (Å²) in [7, 11) is 0. The van der Waals surface area contributed by atoms with E-state index in [0.29, 0.717) is 28.6 Å². The molecule has 0 amide bonds. The van der Waals surface area contributed by atoms with Gasteiger partial charge in [0.05, 0.1) is 11.7 Å². The van der Waals surface area contributed by atoms with Gasteiger partial charge in [-0.2, -0.15) is 0 Å². The second-order valence-corrected chi connectivity index (χ2v) is 13.2. The third-order valence-corrected chi connectivity index (χ3v) is 11.1. The molecule has 4 aliphatic carbocycles. The van der Waals surface area contributed by atoms with E-state index in [1.54, 1.807) is 5.57 Å². The first-order valence-corrected chi connectivity index (χ1v) is 13.6. The fourth-order valence-electron chi connectivity index (χ4n) is 8.80. The van der Waals surface area contributed by atoms with Crippen molar-refractivity contribution < 1.29 is 10.2 Å². The third kappa shape index (κ3) is 4.07. The molecule has 31 heavy (non-hydrogen) atoms. The Labute approximate surface area is 192 Å². The number of rotatable bonds is 6. The summed E-state index contributed by atoms with van der Waals surface area (Å²) >= 11 is 0. The quantitative estimate of drug-likeness (QED) is 0.440. The fraction of sp³-hybridized carbons (Fsp3) is 0.931. The second-order valence-electron chi connectivity index (χ2n) is 13.2. The molecule has 9 atom stereocenters. The zero-order chi connectivity index (χ0) is 22.6. The fourth-order valence-corrected chi connectivity index (χ4v) is 8.80. The average molecular weight is 431 g/mol. The van der Waals surface area contributed by atoms with Crippen LogP contribution in [0.3, 0.4) is 0 Å². The predicted octanol–water partition coefficient (Wildman–Crippen LogP) is 7.14. The van der Waals surface area contributed by atoms with Gasteiger partial charge in [-0.05, 0) is 111 Å². The molecule has 178 valence electrons. The van der Waals surface area contributed by atoms with Crippen LogP contribution < -0.4 is 0 Å². The van der Waals surface area contributed by atoms with Gasteiger partial charge in [0.2, 0.25) is 0 Å². The van der Waals surface area contributed by atoms with Crippen LogP contribution in [0.15, 0.2) is 11.6 Å². The highest BCUT2D eigenvalue weighted by Gasteiger charge is 2.60. The third-order valence-electron chi connectivity index (χ3n) is 11.1. The molecule has 0 radical (unpaired) electrons. The van der Waals surface area contributed by atoms with E-state index in [-0.39, 0.29) is 6.10 Å². The van der Waals surface area contributed by atoms with E-state index in [2.05, 4.69) is 47.6 Å². The van der Waals surface area contributed by atoms with Gasteiger partial charge in [-0.1, -0.05) is 59.1 Å². The molecule has 4 aliphatic rings. The van der Waals surface area contributed by atoms with E-state index < -0.39 is 5.60 Å². The Hall–Kier alpha value is -0.340. The van der Waals surface area contributed by atoms with Gasteiger partial charge in [0, 0.05) is 0 Å². The molecule has 1 unspecified atom stereocenters. The minimum Gasteiger partial charge on any atom is -0.393 e. The van der Waals surface area contributed by atoms with Gasteiger partial charge in [-0.25, -0.2) is 0 Å². The topological polar surface area (TPSA) is 40.5 Å². The van der Waals surface area contributed by atoms with Crippen LogP contribution in [-0.2, 0) is 0 Å². The molecule has 0 aliphatic heterocycles. The van der Waals surface area contributed by atoms with Crippen LogP contribution in [0.25, 0.3) is 0 Å². The minimum absolute atomic E-state index is 0.178. The van der Waals surface area contributed by atoms with Crippen molar-refractivity contribution in [2.45, 2.75) is 124 Å². The van der Waals surface area contributed by atoms with Crippen molar-refractivity contribution in [3.63, 3.8) is 0 Å². The molecule has 0 aromatic carbocycles. The number of aliphatic hydroxyl groups is 2. The summed E-state index contributed by atoms with van der Waals surface area (Å²) in [6.07, 6.45) is 16.0. The van der Waals surface area contributed by atoms with Crippen molar-refractivity contribution in [2.75, 3.05) is 0 Å². The SMILES string of the molecule is CC[C@]12CCC[C@H]1[C@@H]1C([C@H](C)CC[C@H](O)C(C)C)C=C3C[C@@](C)(O)CC[C@]3(C)[C@H]1CC2. The number of hydrogen-bond donors (Lipinski definition) is 2. The van der Waals surface area contributed by atoms with E-state index in [1.165, 1.54) is 38.5 Å². The summed E-state index contributed by atoms with van der Waals surface area (Å²) < 4.78 is 0. The summed E-state index contributed by atoms with van der Waals surface area (Å²) in [5.74, 6) is 4.05. The zero-order valence-electron chi connectivity index (χ0n) is 21.3. The van der Waals surface area contributed by atoms with Gasteiger partial charge in [-0.15, -0.1) is 0 Å². The van der Waals surface area contributed by atoms with Gasteiger partial charge < -0.3 is 10.2 Å². The highest BCUT2D eigenvalue weighted by atomic mass is 16.3. The van der Waals surface area contributed by atoms with Crippen LogP contribution in [-0.4, -0.2) is 21.9 Å². The maximum atomic E-state index is 10.9. The zero-order valence-corrected chi connectivity index (χ0v) is 21.3. The maximum Gasteiger partial charge on any atom is 0.0657 e. The molecule has 2 N–H and O–H groups in total. The molecule has 0 heterocycles. The Balaban J connectivity index is 1.69. The number of fused-ring (bicyclic) bond motifs is 5. The van der Waals surface area contributed by atoms with Gasteiger partial charge in [0.15, 0.2) is 0 Å². The lowest BCUT2D eigenvalue weighted by Gasteiger charge is -2.61. The summed E-state index contributed by atoms with van der Waals surface area (Å²) in [5.41, 5.74) is 1.93. The standard InChI is InChI=1S/C29H50O2/c1-7-29-13-8-9-24(29)26-22(20(4)10-11-25(30)19(2)3)17-21-18-27(5,31)15-16-28(21,6)23(26)12-14-29/h17,19-20,22-26,30-31H,7-16,18H2,1-6H3/t20-,22?,23+,24+,25+,26-,27+,28+,29-/m1/s1. The van der Waals surface area contributed by atoms with Crippen molar-refractivity contribution in [1.82, 2.24) is 0 Å². The second kappa shape index (κ2) is 8.46. The van der Waals surface area contributed by atoms with Crippen LogP contribution >= 0.6 is 0 Å². The van der Waals surface area contributed by atoms with Crippen LogP contribution in [0.1, 0.15) is 112 Å². The first-order chi connectivity index (χ1) is 14.5. The van der Waals surface area contributed by atoms with Gasteiger partial charge in [0.1, 0.15) is 0 Å². The molecule has 2 nitrogen and oxygen atoms in total. The smallest absolute Gasteiger partial charge is 0.0657 e. The number of allylic oxidation sites excluding steroid dienone is 1. The molecule has 0 aromatic rings. The molecular formula is C29H50O2. The van der Waals surface area contributed by atoms with Gasteiger partial charge >= 0.3 is 0 Å². The highest BCUT2D eigenvalue weighted by Crippen LogP contribution is 2.68. The lowest BCUT2D eigenvalue weighted by molar-refractivity contribution is -0.0865. The van der Waals surface area contributed by atoms with Crippen LogP contribution in [0.5, 0.6) is 0 Å². The number of aliphatic hydroxyl groups excluding tert-OH is 1. The van der Waals surface area contributed by atoms with E-state index in [4.69, 9.17) is 0 Å². The number of hydrogen-bond acceptors (Lipinski definition) is 2. The van der Waals surface area contributed by atoms with E-state index in [1.807, 2.05) is 0 Å². The first kappa shape index (κ1) is 23.8. The van der Waals surface area contributed by atoms with Gasteiger partial charge in [-0.3, -0.25) is 0 Å². The summed E-state index contributed by atoms with van der Waals surface area (Å²) in [5, 5.41) is 21.4. The Morgan fingerprint density at radius 1 is 1.00 bits per heavy atom. The van der Waals surface area contributed by atoms with Crippen LogP contribution in [0.2, 0.25) is 0 Å². The normalized spacial score (nSPS) is 46.7. The molecular weight excluding hydrogens is 380 g/mol. The van der Waals surface area contributed by atoms with Crippen molar-refractivity contribution in [3.8, 4) is 0 Å². The molecule has 4 rings (SSSR count). The predicted molar refractivity (Wildman–Crippen MR) is 130 cm³/mol. The summed E-state index contributed by atoms with van der Waals surface area (Å²) in [6.45, 7) is 13.8. The van der Waals surface area contributed by atoms with Crippen LogP contribution in [0, 0.1) is 46.3 Å². The Kier molecular flexibility index (Phi) is 6.50. The first-order valence-electron chi connectivity index (χ1n) is 13.6. The maximum absolute atomic E-state index is 10.9. The van der Waals surface area contributed by atoms with E-state index >= 15 is 0 Å². The van der Waals surface area contributed by atoms with Crippen molar-refractivity contribution in [3.05, 3.63) is 11.6 Å². The Morgan fingerprint density at radius 2 is 1.74 bits per heavy atom. The molecule has 2 heteroatoms. The van der Waals surface area contributed by atoms with Crippen molar-refractivity contribution in [2.24, 2.45) is 46.3 Å². The monoisotopic (exact) mass is 430 g/mol. The Morgan fingerprint density at radius 3 is 2.42 bits per heavy atom. The van der Waals surface area contributed by atoms with E-state index in [0.717, 1.165) is 49.9 Å². The highest BCUT2D eigenvalue weighted by molar-refractivity contribution is 5.28. The molecule has 0 spiro atoms. The van der Waals surface area contributed by atoms with Crippen molar-refractivity contribution >= 4 is 0 Å². The molecule has 0 aromatic heterocycles.